The third-order valence-electron chi connectivity index (χ3n) is 2.18. The molecule has 0 aliphatic carbocycles. The number of rotatable bonds is 2. The van der Waals surface area contributed by atoms with Crippen molar-refractivity contribution in [2.45, 2.75) is 13.0 Å². The van der Waals surface area contributed by atoms with E-state index >= 15 is 0 Å². The molecular formula is C11H12N4O. The quantitative estimate of drug-likeness (QED) is 0.779. The van der Waals surface area contributed by atoms with Crippen molar-refractivity contribution in [3.8, 4) is 11.4 Å². The Morgan fingerprint density at radius 2 is 2.06 bits per heavy atom. The van der Waals surface area contributed by atoms with Gasteiger partial charge in [0.15, 0.2) is 0 Å². The van der Waals surface area contributed by atoms with Crippen LogP contribution in [-0.4, -0.2) is 15.0 Å². The number of nitrogens with zero attached hydrogens (tertiary/aromatic N) is 2. The Morgan fingerprint density at radius 1 is 1.38 bits per heavy atom. The number of aromatic nitrogens is 3. The highest BCUT2D eigenvalue weighted by Gasteiger charge is 2.06. The van der Waals surface area contributed by atoms with Crippen molar-refractivity contribution >= 4 is 0 Å². The summed E-state index contributed by atoms with van der Waals surface area (Å²) < 4.78 is 0. The van der Waals surface area contributed by atoms with Gasteiger partial charge in [-0.1, -0.05) is 0 Å². The van der Waals surface area contributed by atoms with Gasteiger partial charge in [-0.15, -0.1) is 0 Å². The van der Waals surface area contributed by atoms with E-state index in [1.807, 2.05) is 0 Å². The summed E-state index contributed by atoms with van der Waals surface area (Å²) in [5.41, 5.74) is 6.90. The molecule has 0 radical (unpaired) electrons. The number of pyridine rings is 1. The van der Waals surface area contributed by atoms with E-state index in [0.29, 0.717) is 11.5 Å². The van der Waals surface area contributed by atoms with E-state index in [1.54, 1.807) is 31.5 Å². The topological polar surface area (TPSA) is 84.7 Å². The summed E-state index contributed by atoms with van der Waals surface area (Å²) >= 11 is 0. The van der Waals surface area contributed by atoms with Gasteiger partial charge in [-0.2, -0.15) is 0 Å². The molecule has 5 heteroatoms. The summed E-state index contributed by atoms with van der Waals surface area (Å²) in [5, 5.41) is 0. The minimum atomic E-state index is -0.261. The predicted octanol–water partition coefficient (Wildman–Crippen LogP) is 0.852. The average Bonchev–Trinajstić information content (AvgIpc) is 2.29. The molecule has 0 fully saturated rings. The van der Waals surface area contributed by atoms with E-state index in [9.17, 15) is 4.79 Å². The number of H-pyrrole nitrogens is 1. The molecule has 0 aliphatic heterocycles. The predicted molar refractivity (Wildman–Crippen MR) is 60.7 cm³/mol. The highest BCUT2D eigenvalue weighted by atomic mass is 16.1. The summed E-state index contributed by atoms with van der Waals surface area (Å²) in [6, 6.07) is 4.71. The SMILES string of the molecule is CC(N)c1cc(=O)[nH]c(-c2ccncc2)n1. The van der Waals surface area contributed by atoms with Gasteiger partial charge in [0, 0.05) is 30.1 Å². The molecule has 2 heterocycles. The third-order valence-corrected chi connectivity index (χ3v) is 2.18. The van der Waals surface area contributed by atoms with Crippen molar-refractivity contribution in [1.29, 1.82) is 0 Å². The molecule has 0 saturated carbocycles. The maximum atomic E-state index is 11.4. The van der Waals surface area contributed by atoms with Crippen LogP contribution in [0.4, 0.5) is 0 Å². The maximum absolute atomic E-state index is 11.4. The molecule has 3 N–H and O–H groups in total. The van der Waals surface area contributed by atoms with Crippen molar-refractivity contribution in [2.75, 3.05) is 0 Å². The van der Waals surface area contributed by atoms with Crippen LogP contribution in [-0.2, 0) is 0 Å². The van der Waals surface area contributed by atoms with Gasteiger partial charge in [-0.3, -0.25) is 9.78 Å². The first-order valence-electron chi connectivity index (χ1n) is 4.94. The first kappa shape index (κ1) is 10.5. The molecule has 2 aromatic rings. The van der Waals surface area contributed by atoms with E-state index < -0.39 is 0 Å². The molecule has 0 saturated heterocycles. The largest absolute Gasteiger partial charge is 0.323 e. The summed E-state index contributed by atoms with van der Waals surface area (Å²) in [4.78, 5) is 22.3. The number of nitrogens with two attached hydrogens (primary N) is 1. The Morgan fingerprint density at radius 3 is 2.69 bits per heavy atom. The lowest BCUT2D eigenvalue weighted by Crippen LogP contribution is -2.15. The second-order valence-electron chi connectivity index (χ2n) is 3.54. The van der Waals surface area contributed by atoms with Crippen LogP contribution in [0.2, 0.25) is 0 Å². The van der Waals surface area contributed by atoms with Gasteiger partial charge < -0.3 is 10.7 Å². The summed E-state index contributed by atoms with van der Waals surface area (Å²) in [5.74, 6) is 0.516. The third kappa shape index (κ3) is 2.14. The van der Waals surface area contributed by atoms with E-state index in [-0.39, 0.29) is 11.6 Å². The van der Waals surface area contributed by atoms with Crippen LogP contribution in [0.5, 0.6) is 0 Å². The lowest BCUT2D eigenvalue weighted by molar-refractivity contribution is 0.773. The fourth-order valence-corrected chi connectivity index (χ4v) is 1.36. The van der Waals surface area contributed by atoms with Gasteiger partial charge in [-0.25, -0.2) is 4.98 Å². The van der Waals surface area contributed by atoms with Crippen LogP contribution in [0.25, 0.3) is 11.4 Å². The molecule has 1 unspecified atom stereocenters. The number of hydrogen-bond acceptors (Lipinski definition) is 4. The molecule has 1 atom stereocenters. The average molecular weight is 216 g/mol. The smallest absolute Gasteiger partial charge is 0.251 e. The molecule has 0 aromatic carbocycles. The zero-order valence-electron chi connectivity index (χ0n) is 8.84. The van der Waals surface area contributed by atoms with Crippen LogP contribution in [0.15, 0.2) is 35.4 Å². The lowest BCUT2D eigenvalue weighted by atomic mass is 10.2. The summed E-state index contributed by atoms with van der Waals surface area (Å²) in [6.07, 6.45) is 3.29. The number of nitrogens with one attached hydrogen (secondary N) is 1. The molecule has 0 spiro atoms. The Labute approximate surface area is 92.4 Å². The standard InChI is InChI=1S/C11H12N4O/c1-7(12)9-6-10(16)15-11(14-9)8-2-4-13-5-3-8/h2-7H,12H2,1H3,(H,14,15,16). The molecule has 16 heavy (non-hydrogen) atoms. The van der Waals surface area contributed by atoms with Crippen LogP contribution in [0.1, 0.15) is 18.7 Å². The zero-order valence-corrected chi connectivity index (χ0v) is 8.84. The molecule has 5 nitrogen and oxygen atoms in total. The van der Waals surface area contributed by atoms with Gasteiger partial charge in [0.2, 0.25) is 0 Å². The molecule has 0 amide bonds. The minimum Gasteiger partial charge on any atom is -0.323 e. The van der Waals surface area contributed by atoms with E-state index in [0.717, 1.165) is 5.56 Å². The Kier molecular flexibility index (Phi) is 2.78. The number of aromatic amines is 1. The fraction of sp³-hybridized carbons (Fsp3) is 0.182. The molecule has 82 valence electrons. The Hall–Kier alpha value is -2.01. The van der Waals surface area contributed by atoms with Crippen LogP contribution < -0.4 is 11.3 Å². The summed E-state index contributed by atoms with van der Waals surface area (Å²) in [7, 11) is 0. The minimum absolute atomic E-state index is 0.200. The molecule has 0 aliphatic rings. The molecular weight excluding hydrogens is 204 g/mol. The highest BCUT2D eigenvalue weighted by molar-refractivity contribution is 5.53. The van der Waals surface area contributed by atoms with Crippen molar-refractivity contribution in [1.82, 2.24) is 15.0 Å². The van der Waals surface area contributed by atoms with Gasteiger partial charge >= 0.3 is 0 Å². The molecule has 2 rings (SSSR count). The zero-order chi connectivity index (χ0) is 11.5. The second-order valence-corrected chi connectivity index (χ2v) is 3.54. The number of hydrogen-bond donors (Lipinski definition) is 2. The van der Waals surface area contributed by atoms with Gasteiger partial charge in [0.1, 0.15) is 5.82 Å². The Balaban J connectivity index is 2.54. The van der Waals surface area contributed by atoms with Crippen molar-refractivity contribution in [3.05, 3.63) is 46.6 Å². The monoisotopic (exact) mass is 216 g/mol. The lowest BCUT2D eigenvalue weighted by Gasteiger charge is -2.06. The van der Waals surface area contributed by atoms with Crippen LogP contribution in [0.3, 0.4) is 0 Å². The normalized spacial score (nSPS) is 12.4. The van der Waals surface area contributed by atoms with Gasteiger partial charge in [0.05, 0.1) is 5.69 Å². The van der Waals surface area contributed by atoms with Crippen LogP contribution >= 0.6 is 0 Å². The van der Waals surface area contributed by atoms with Crippen LogP contribution in [0, 0.1) is 0 Å². The first-order chi connectivity index (χ1) is 7.66. The second kappa shape index (κ2) is 4.24. The fourth-order valence-electron chi connectivity index (χ4n) is 1.36. The Bertz CT molecular complexity index is 533. The molecule has 2 aromatic heterocycles. The van der Waals surface area contributed by atoms with E-state index in [1.165, 1.54) is 6.07 Å². The maximum Gasteiger partial charge on any atom is 0.251 e. The van der Waals surface area contributed by atoms with Crippen molar-refractivity contribution in [3.63, 3.8) is 0 Å². The van der Waals surface area contributed by atoms with Crippen molar-refractivity contribution < 1.29 is 0 Å². The first-order valence-corrected chi connectivity index (χ1v) is 4.94. The van der Waals surface area contributed by atoms with Crippen molar-refractivity contribution in [2.24, 2.45) is 5.73 Å². The van der Waals surface area contributed by atoms with E-state index in [4.69, 9.17) is 5.73 Å². The highest BCUT2D eigenvalue weighted by Crippen LogP contribution is 2.13. The van der Waals surface area contributed by atoms with E-state index in [2.05, 4.69) is 15.0 Å². The molecule has 0 bridgehead atoms. The van der Waals surface area contributed by atoms with Gasteiger partial charge in [-0.05, 0) is 19.1 Å². The van der Waals surface area contributed by atoms with Gasteiger partial charge in [0.25, 0.3) is 5.56 Å². The summed E-state index contributed by atoms with van der Waals surface area (Å²) in [6.45, 7) is 1.79.